The first-order chi connectivity index (χ1) is 16.2. The summed E-state index contributed by atoms with van der Waals surface area (Å²) in [6.45, 7) is 4.68. The SMILES string of the molecule is Cc1cccc(-c2ccc([C@H]3[C@H](CO)N4CCCCN(C(=O)c5ccncc5)C[C@@H]34)cc2)c1. The summed E-state index contributed by atoms with van der Waals surface area (Å²) in [6.07, 6.45) is 5.36. The smallest absolute Gasteiger partial charge is 0.254 e. The Bertz CT molecular complexity index is 1100. The quantitative estimate of drug-likeness (QED) is 0.662. The van der Waals surface area contributed by atoms with Crippen LogP contribution in [0.4, 0.5) is 0 Å². The molecule has 1 N–H and O–H groups in total. The van der Waals surface area contributed by atoms with Crippen LogP contribution < -0.4 is 0 Å². The molecule has 2 aliphatic heterocycles. The van der Waals surface area contributed by atoms with Crippen molar-refractivity contribution in [1.29, 1.82) is 0 Å². The molecular weight excluding hydrogens is 410 g/mol. The number of nitrogens with zero attached hydrogens (tertiary/aromatic N) is 3. The molecule has 5 rings (SSSR count). The van der Waals surface area contributed by atoms with E-state index in [0.29, 0.717) is 12.1 Å². The molecule has 0 radical (unpaired) electrons. The number of carbonyl (C=O) groups excluding carboxylic acids is 1. The van der Waals surface area contributed by atoms with Gasteiger partial charge in [-0.15, -0.1) is 0 Å². The number of benzene rings is 2. The second-order valence-corrected chi connectivity index (χ2v) is 9.27. The molecule has 3 aromatic rings. The first kappa shape index (κ1) is 21.8. The van der Waals surface area contributed by atoms with E-state index in [0.717, 1.165) is 25.9 Å². The number of hydrogen-bond donors (Lipinski definition) is 1. The molecule has 0 aliphatic carbocycles. The number of fused-ring (bicyclic) bond motifs is 1. The van der Waals surface area contributed by atoms with Crippen molar-refractivity contribution in [3.8, 4) is 11.1 Å². The molecule has 2 aromatic carbocycles. The van der Waals surface area contributed by atoms with Gasteiger partial charge in [0.25, 0.3) is 5.91 Å². The third-order valence-electron chi connectivity index (χ3n) is 7.23. The van der Waals surface area contributed by atoms with Crippen LogP contribution in [0.25, 0.3) is 11.1 Å². The second-order valence-electron chi connectivity index (χ2n) is 9.27. The minimum Gasteiger partial charge on any atom is -0.395 e. The zero-order valence-corrected chi connectivity index (χ0v) is 19.1. The van der Waals surface area contributed by atoms with Crippen molar-refractivity contribution >= 4 is 5.91 Å². The molecule has 3 heterocycles. The van der Waals surface area contributed by atoms with Crippen LogP contribution in [0.2, 0.25) is 0 Å². The number of carbonyl (C=O) groups is 1. The van der Waals surface area contributed by atoms with Gasteiger partial charge in [-0.3, -0.25) is 14.7 Å². The molecule has 5 nitrogen and oxygen atoms in total. The van der Waals surface area contributed by atoms with E-state index in [1.165, 1.54) is 22.3 Å². The Labute approximate surface area is 195 Å². The Kier molecular flexibility index (Phi) is 6.25. The highest BCUT2D eigenvalue weighted by molar-refractivity contribution is 5.94. The Hall–Kier alpha value is -3.02. The van der Waals surface area contributed by atoms with Crippen molar-refractivity contribution < 1.29 is 9.90 Å². The zero-order chi connectivity index (χ0) is 22.8. The van der Waals surface area contributed by atoms with Gasteiger partial charge in [0.05, 0.1) is 6.61 Å². The van der Waals surface area contributed by atoms with Gasteiger partial charge in [0.15, 0.2) is 0 Å². The molecule has 170 valence electrons. The van der Waals surface area contributed by atoms with E-state index in [4.69, 9.17) is 0 Å². The largest absolute Gasteiger partial charge is 0.395 e. The van der Waals surface area contributed by atoms with Gasteiger partial charge in [0.1, 0.15) is 0 Å². The summed E-state index contributed by atoms with van der Waals surface area (Å²) in [7, 11) is 0. The van der Waals surface area contributed by atoms with E-state index < -0.39 is 0 Å². The van der Waals surface area contributed by atoms with E-state index in [1.807, 2.05) is 4.90 Å². The van der Waals surface area contributed by atoms with Gasteiger partial charge in [-0.05, 0) is 55.1 Å². The topological polar surface area (TPSA) is 56.7 Å². The molecule has 33 heavy (non-hydrogen) atoms. The molecule has 2 fully saturated rings. The van der Waals surface area contributed by atoms with Gasteiger partial charge in [-0.2, -0.15) is 0 Å². The third-order valence-corrected chi connectivity index (χ3v) is 7.23. The lowest BCUT2D eigenvalue weighted by Gasteiger charge is -2.57. The summed E-state index contributed by atoms with van der Waals surface area (Å²) < 4.78 is 0. The number of amides is 1. The number of aryl methyl sites for hydroxylation is 1. The standard InChI is InChI=1S/C28H31N3O2/c1-20-5-4-6-24(17-20)21-7-9-22(10-8-21)27-25-18-30(28(33)23-11-13-29-14-12-23)15-2-3-16-31(25)26(27)19-32/h4-14,17,25-27,32H,2-3,15-16,18-19H2,1H3/t25-,26-,27+/m0/s1. The second kappa shape index (κ2) is 9.46. The van der Waals surface area contributed by atoms with Crippen LogP contribution in [0.5, 0.6) is 0 Å². The van der Waals surface area contributed by atoms with Crippen LogP contribution in [0.1, 0.15) is 40.2 Å². The van der Waals surface area contributed by atoms with Crippen molar-refractivity contribution in [2.45, 2.75) is 37.8 Å². The summed E-state index contributed by atoms with van der Waals surface area (Å²) in [5.74, 6) is 0.285. The first-order valence-electron chi connectivity index (χ1n) is 11.9. The lowest BCUT2D eigenvalue weighted by Crippen LogP contribution is -2.67. The van der Waals surface area contributed by atoms with Crippen LogP contribution in [0, 0.1) is 6.92 Å². The fraction of sp³-hybridized carbons (Fsp3) is 0.357. The molecule has 0 bridgehead atoms. The molecule has 1 amide bonds. The van der Waals surface area contributed by atoms with Crippen molar-refractivity contribution in [2.24, 2.45) is 0 Å². The highest BCUT2D eigenvalue weighted by atomic mass is 16.3. The van der Waals surface area contributed by atoms with E-state index in [9.17, 15) is 9.90 Å². The number of aliphatic hydroxyl groups excluding tert-OH is 1. The molecular formula is C28H31N3O2. The number of aliphatic hydroxyl groups is 1. The summed E-state index contributed by atoms with van der Waals surface area (Å²) in [5, 5.41) is 10.2. The van der Waals surface area contributed by atoms with Gasteiger partial charge in [0, 0.05) is 49.0 Å². The van der Waals surface area contributed by atoms with Crippen LogP contribution in [0.3, 0.4) is 0 Å². The average Bonchev–Trinajstić information content (AvgIpc) is 2.83. The lowest BCUT2D eigenvalue weighted by atomic mass is 9.74. The minimum absolute atomic E-state index is 0.0697. The number of aromatic nitrogens is 1. The van der Waals surface area contributed by atoms with Crippen LogP contribution >= 0.6 is 0 Å². The normalized spacial score (nSPS) is 23.2. The van der Waals surface area contributed by atoms with E-state index in [1.54, 1.807) is 24.5 Å². The molecule has 3 atom stereocenters. The molecule has 5 heteroatoms. The predicted octanol–water partition coefficient (Wildman–Crippen LogP) is 4.12. The monoisotopic (exact) mass is 441 g/mol. The maximum Gasteiger partial charge on any atom is 0.254 e. The lowest BCUT2D eigenvalue weighted by molar-refractivity contribution is -0.0606. The molecule has 0 spiro atoms. The molecule has 2 saturated heterocycles. The Morgan fingerprint density at radius 2 is 1.76 bits per heavy atom. The highest BCUT2D eigenvalue weighted by Gasteiger charge is 2.49. The maximum absolute atomic E-state index is 13.2. The summed E-state index contributed by atoms with van der Waals surface area (Å²) in [6, 6.07) is 21.2. The maximum atomic E-state index is 13.2. The summed E-state index contributed by atoms with van der Waals surface area (Å²) in [4.78, 5) is 21.6. The minimum atomic E-state index is 0.0697. The summed E-state index contributed by atoms with van der Waals surface area (Å²) >= 11 is 0. The van der Waals surface area contributed by atoms with Gasteiger partial charge in [0.2, 0.25) is 0 Å². The van der Waals surface area contributed by atoms with Crippen molar-refractivity contribution in [2.75, 3.05) is 26.2 Å². The van der Waals surface area contributed by atoms with Crippen LogP contribution in [0.15, 0.2) is 73.1 Å². The fourth-order valence-corrected chi connectivity index (χ4v) is 5.52. The van der Waals surface area contributed by atoms with Crippen molar-refractivity contribution in [3.63, 3.8) is 0 Å². The van der Waals surface area contributed by atoms with Crippen LogP contribution in [-0.2, 0) is 0 Å². The molecule has 0 unspecified atom stereocenters. The predicted molar refractivity (Wildman–Crippen MR) is 130 cm³/mol. The highest BCUT2D eigenvalue weighted by Crippen LogP contribution is 2.42. The first-order valence-corrected chi connectivity index (χ1v) is 11.9. The van der Waals surface area contributed by atoms with E-state index >= 15 is 0 Å². The molecule has 0 saturated carbocycles. The van der Waals surface area contributed by atoms with Gasteiger partial charge in [-0.25, -0.2) is 0 Å². The molecule has 1 aromatic heterocycles. The number of rotatable bonds is 4. The average molecular weight is 442 g/mol. The van der Waals surface area contributed by atoms with E-state index in [2.05, 4.69) is 65.3 Å². The number of pyridine rings is 1. The van der Waals surface area contributed by atoms with Gasteiger partial charge >= 0.3 is 0 Å². The van der Waals surface area contributed by atoms with Crippen molar-refractivity contribution in [1.82, 2.24) is 14.8 Å². The Morgan fingerprint density at radius 1 is 1.00 bits per heavy atom. The fourth-order valence-electron chi connectivity index (χ4n) is 5.52. The van der Waals surface area contributed by atoms with E-state index in [-0.39, 0.29) is 30.5 Å². The molecule has 2 aliphatic rings. The third kappa shape index (κ3) is 4.31. The van der Waals surface area contributed by atoms with Gasteiger partial charge < -0.3 is 10.0 Å². The van der Waals surface area contributed by atoms with Crippen LogP contribution in [-0.4, -0.2) is 64.1 Å². The summed E-state index contributed by atoms with van der Waals surface area (Å²) in [5.41, 5.74) is 5.60. The van der Waals surface area contributed by atoms with Gasteiger partial charge in [-0.1, -0.05) is 54.1 Å². The Balaban J connectivity index is 1.39. The Morgan fingerprint density at radius 3 is 2.48 bits per heavy atom. The number of hydrogen-bond acceptors (Lipinski definition) is 4. The zero-order valence-electron chi connectivity index (χ0n) is 19.1. The van der Waals surface area contributed by atoms with Crippen molar-refractivity contribution in [3.05, 3.63) is 89.7 Å².